The van der Waals surface area contributed by atoms with Gasteiger partial charge in [-0.3, -0.25) is 4.79 Å². The van der Waals surface area contributed by atoms with Crippen LogP contribution in [0, 0.1) is 0 Å². The lowest BCUT2D eigenvalue weighted by Gasteiger charge is -2.14. The van der Waals surface area contributed by atoms with Crippen molar-refractivity contribution in [3.63, 3.8) is 0 Å². The summed E-state index contributed by atoms with van der Waals surface area (Å²) in [6, 6.07) is 6.77. The summed E-state index contributed by atoms with van der Waals surface area (Å²) in [7, 11) is -2.98. The van der Waals surface area contributed by atoms with Gasteiger partial charge in [0.25, 0.3) is 5.91 Å². The lowest BCUT2D eigenvalue weighted by molar-refractivity contribution is -0.125. The third-order valence-corrected chi connectivity index (χ3v) is 6.60. The second-order valence-corrected chi connectivity index (χ2v) is 8.66. The molecule has 6 nitrogen and oxygen atoms in total. The van der Waals surface area contributed by atoms with Crippen molar-refractivity contribution in [2.75, 3.05) is 11.5 Å². The molecule has 1 heterocycles. The zero-order valence-electron chi connectivity index (χ0n) is 12.0. The van der Waals surface area contributed by atoms with Crippen molar-refractivity contribution in [1.29, 1.82) is 0 Å². The molecular formula is C14H17NO5S2. The molecule has 0 radical (unpaired) electrons. The number of esters is 1. The third kappa shape index (κ3) is 4.23. The number of nitrogens with two attached hydrogens (primary N) is 1. The van der Waals surface area contributed by atoms with Crippen LogP contribution in [-0.4, -0.2) is 43.2 Å². The van der Waals surface area contributed by atoms with E-state index in [9.17, 15) is 18.0 Å². The Hall–Kier alpha value is -1.54. The molecule has 0 aromatic heterocycles. The molecule has 0 aliphatic carbocycles. The topological polar surface area (TPSA) is 104 Å². The van der Waals surface area contributed by atoms with Crippen LogP contribution >= 0.6 is 11.8 Å². The molecule has 1 aromatic rings. The maximum absolute atomic E-state index is 12.1. The molecule has 0 saturated carbocycles. The first-order valence-electron chi connectivity index (χ1n) is 6.75. The van der Waals surface area contributed by atoms with E-state index in [-0.39, 0.29) is 16.8 Å². The van der Waals surface area contributed by atoms with Crippen LogP contribution in [0.5, 0.6) is 0 Å². The highest BCUT2D eigenvalue weighted by atomic mass is 32.2. The Balaban J connectivity index is 2.13. The molecule has 22 heavy (non-hydrogen) atoms. The minimum absolute atomic E-state index is 0.0764. The molecule has 8 heteroatoms. The number of primary amides is 1. The SMILES string of the molecule is C[C@@H](OC(=O)c1ccccc1S[C@H]1CCS(=O)(=O)C1)C(N)=O. The third-order valence-electron chi connectivity index (χ3n) is 3.28. The lowest BCUT2D eigenvalue weighted by Crippen LogP contribution is -2.30. The molecule has 1 amide bonds. The van der Waals surface area contributed by atoms with Crippen LogP contribution in [0.4, 0.5) is 0 Å². The Labute approximate surface area is 133 Å². The summed E-state index contributed by atoms with van der Waals surface area (Å²) in [5.74, 6) is -1.08. The molecule has 0 spiro atoms. The summed E-state index contributed by atoms with van der Waals surface area (Å²) in [6.45, 7) is 1.40. The number of hydrogen-bond donors (Lipinski definition) is 1. The van der Waals surface area contributed by atoms with Crippen LogP contribution < -0.4 is 5.73 Å². The quantitative estimate of drug-likeness (QED) is 0.800. The first kappa shape index (κ1) is 16.8. The van der Waals surface area contributed by atoms with E-state index in [2.05, 4.69) is 0 Å². The van der Waals surface area contributed by atoms with Gasteiger partial charge in [-0.05, 0) is 25.5 Å². The number of carbonyl (C=O) groups is 2. The molecule has 1 aliphatic rings. The zero-order valence-corrected chi connectivity index (χ0v) is 13.7. The van der Waals surface area contributed by atoms with E-state index in [1.54, 1.807) is 24.3 Å². The van der Waals surface area contributed by atoms with Gasteiger partial charge in [-0.1, -0.05) is 12.1 Å². The highest BCUT2D eigenvalue weighted by Crippen LogP contribution is 2.33. The number of ether oxygens (including phenoxy) is 1. The summed E-state index contributed by atoms with van der Waals surface area (Å²) in [4.78, 5) is 23.7. The van der Waals surface area contributed by atoms with Gasteiger partial charge in [0.2, 0.25) is 0 Å². The van der Waals surface area contributed by atoms with E-state index in [4.69, 9.17) is 10.5 Å². The van der Waals surface area contributed by atoms with Gasteiger partial charge in [0.05, 0.1) is 17.1 Å². The minimum Gasteiger partial charge on any atom is -0.449 e. The molecule has 1 aromatic carbocycles. The van der Waals surface area contributed by atoms with Crippen LogP contribution in [-0.2, 0) is 19.4 Å². The van der Waals surface area contributed by atoms with Crippen molar-refractivity contribution in [3.8, 4) is 0 Å². The Morgan fingerprint density at radius 2 is 2.05 bits per heavy atom. The number of amides is 1. The Morgan fingerprint density at radius 1 is 1.36 bits per heavy atom. The zero-order chi connectivity index (χ0) is 16.3. The van der Waals surface area contributed by atoms with Crippen LogP contribution in [0.1, 0.15) is 23.7 Å². The predicted octanol–water partition coefficient (Wildman–Crippen LogP) is 0.996. The molecular weight excluding hydrogens is 326 g/mol. The molecule has 120 valence electrons. The van der Waals surface area contributed by atoms with E-state index in [0.29, 0.717) is 16.9 Å². The highest BCUT2D eigenvalue weighted by Gasteiger charge is 2.30. The van der Waals surface area contributed by atoms with Gasteiger partial charge in [0.15, 0.2) is 15.9 Å². The van der Waals surface area contributed by atoms with Gasteiger partial charge in [-0.15, -0.1) is 11.8 Å². The van der Waals surface area contributed by atoms with Crippen molar-refractivity contribution in [2.24, 2.45) is 5.73 Å². The molecule has 2 rings (SSSR count). The molecule has 1 aliphatic heterocycles. The predicted molar refractivity (Wildman–Crippen MR) is 83.4 cm³/mol. The average molecular weight is 343 g/mol. The number of rotatable bonds is 5. The van der Waals surface area contributed by atoms with Crippen molar-refractivity contribution < 1.29 is 22.7 Å². The fraction of sp³-hybridized carbons (Fsp3) is 0.429. The maximum Gasteiger partial charge on any atom is 0.340 e. The smallest absolute Gasteiger partial charge is 0.340 e. The fourth-order valence-corrected chi connectivity index (χ4v) is 5.67. The Bertz CT molecular complexity index is 686. The molecule has 0 bridgehead atoms. The molecule has 0 unspecified atom stereocenters. The van der Waals surface area contributed by atoms with Crippen LogP contribution in [0.25, 0.3) is 0 Å². The second-order valence-electron chi connectivity index (χ2n) is 5.09. The minimum atomic E-state index is -2.98. The Kier molecular flexibility index (Phi) is 5.12. The van der Waals surface area contributed by atoms with Gasteiger partial charge in [-0.25, -0.2) is 13.2 Å². The van der Waals surface area contributed by atoms with E-state index in [1.807, 2.05) is 0 Å². The van der Waals surface area contributed by atoms with Crippen LogP contribution in [0.3, 0.4) is 0 Å². The van der Waals surface area contributed by atoms with Gasteiger partial charge in [0, 0.05) is 10.1 Å². The Morgan fingerprint density at radius 3 is 2.64 bits per heavy atom. The number of carbonyl (C=O) groups excluding carboxylic acids is 2. The highest BCUT2D eigenvalue weighted by molar-refractivity contribution is 8.02. The summed E-state index contributed by atoms with van der Waals surface area (Å²) in [5, 5.41) is -0.0764. The maximum atomic E-state index is 12.1. The van der Waals surface area contributed by atoms with Gasteiger partial charge in [-0.2, -0.15) is 0 Å². The van der Waals surface area contributed by atoms with Crippen molar-refractivity contribution in [1.82, 2.24) is 0 Å². The van der Waals surface area contributed by atoms with Gasteiger partial charge < -0.3 is 10.5 Å². The summed E-state index contributed by atoms with van der Waals surface area (Å²) in [5.41, 5.74) is 5.38. The molecule has 1 fully saturated rings. The molecule has 2 N–H and O–H groups in total. The van der Waals surface area contributed by atoms with Crippen molar-refractivity contribution in [2.45, 2.75) is 29.6 Å². The number of hydrogen-bond acceptors (Lipinski definition) is 6. The second kappa shape index (κ2) is 6.70. The van der Waals surface area contributed by atoms with E-state index in [0.717, 1.165) is 0 Å². The standard InChI is InChI=1S/C14H17NO5S2/c1-9(13(15)16)20-14(17)11-4-2-3-5-12(11)21-10-6-7-22(18,19)8-10/h2-5,9-10H,6-8H2,1H3,(H2,15,16)/t9-,10+/m1/s1. The lowest BCUT2D eigenvalue weighted by atomic mass is 10.2. The summed E-state index contributed by atoms with van der Waals surface area (Å²) in [6.07, 6.45) is -0.453. The van der Waals surface area contributed by atoms with Gasteiger partial charge in [0.1, 0.15) is 0 Å². The average Bonchev–Trinajstić information content (AvgIpc) is 2.78. The first-order chi connectivity index (χ1) is 10.3. The molecule has 1 saturated heterocycles. The van der Waals surface area contributed by atoms with Crippen LogP contribution in [0.15, 0.2) is 29.2 Å². The summed E-state index contributed by atoms with van der Waals surface area (Å²) >= 11 is 1.35. The largest absolute Gasteiger partial charge is 0.449 e. The van der Waals surface area contributed by atoms with Crippen LogP contribution in [0.2, 0.25) is 0 Å². The van der Waals surface area contributed by atoms with E-state index < -0.39 is 27.8 Å². The number of benzene rings is 1. The fourth-order valence-electron chi connectivity index (χ4n) is 2.05. The first-order valence-corrected chi connectivity index (χ1v) is 9.45. The normalized spacial score (nSPS) is 21.2. The summed E-state index contributed by atoms with van der Waals surface area (Å²) < 4.78 is 28.0. The monoisotopic (exact) mass is 343 g/mol. The number of thioether (sulfide) groups is 1. The van der Waals surface area contributed by atoms with E-state index >= 15 is 0 Å². The van der Waals surface area contributed by atoms with Gasteiger partial charge >= 0.3 is 5.97 Å². The molecule has 2 atom stereocenters. The van der Waals surface area contributed by atoms with E-state index in [1.165, 1.54) is 18.7 Å². The number of sulfone groups is 1. The van der Waals surface area contributed by atoms with Crippen molar-refractivity contribution >= 4 is 33.5 Å². The van der Waals surface area contributed by atoms with Crippen molar-refractivity contribution in [3.05, 3.63) is 29.8 Å².